The molecule has 1 heterocycles. The molecule has 1 aliphatic rings. The molecule has 0 radical (unpaired) electrons. The maximum absolute atomic E-state index is 12.4. The number of anilines is 1. The highest BCUT2D eigenvalue weighted by molar-refractivity contribution is 6.34. The molecule has 0 saturated carbocycles. The zero-order chi connectivity index (χ0) is 15.0. The summed E-state index contributed by atoms with van der Waals surface area (Å²) in [4.78, 5) is 24.4. The summed E-state index contributed by atoms with van der Waals surface area (Å²) in [5.74, 6) is -0.973. The lowest BCUT2D eigenvalue weighted by Gasteiger charge is -2.20. The Morgan fingerprint density at radius 1 is 1.14 bits per heavy atom. The third-order valence-electron chi connectivity index (χ3n) is 3.59. The number of benzene rings is 2. The van der Waals surface area contributed by atoms with E-state index in [1.165, 1.54) is 0 Å². The first-order chi connectivity index (χ1) is 10.0. The number of halogens is 1. The van der Waals surface area contributed by atoms with Crippen molar-refractivity contribution in [3.05, 3.63) is 64.7 Å². The van der Waals surface area contributed by atoms with Gasteiger partial charge in [-0.05, 0) is 18.2 Å². The second-order valence-electron chi connectivity index (χ2n) is 4.94. The molecule has 106 valence electrons. The van der Waals surface area contributed by atoms with Crippen molar-refractivity contribution < 1.29 is 14.7 Å². The van der Waals surface area contributed by atoms with Crippen LogP contribution in [0.15, 0.2) is 48.5 Å². The largest absolute Gasteiger partial charge is 0.375 e. The number of rotatable bonds is 3. The van der Waals surface area contributed by atoms with Crippen LogP contribution in [0.2, 0.25) is 5.02 Å². The molecule has 2 N–H and O–H groups in total. The zero-order valence-corrected chi connectivity index (χ0v) is 11.7. The normalized spacial score (nSPS) is 20.0. The molecule has 1 aliphatic heterocycles. The average molecular weight is 302 g/mol. The van der Waals surface area contributed by atoms with E-state index in [2.05, 4.69) is 5.32 Å². The molecule has 1 unspecified atom stereocenters. The summed E-state index contributed by atoms with van der Waals surface area (Å²) < 4.78 is 0. The van der Waals surface area contributed by atoms with Gasteiger partial charge in [-0.3, -0.25) is 9.59 Å². The Hall–Kier alpha value is -2.17. The third-order valence-corrected chi connectivity index (χ3v) is 3.92. The van der Waals surface area contributed by atoms with E-state index < -0.39 is 11.5 Å². The highest BCUT2D eigenvalue weighted by Crippen LogP contribution is 2.39. The van der Waals surface area contributed by atoms with Crippen molar-refractivity contribution in [1.82, 2.24) is 0 Å². The summed E-state index contributed by atoms with van der Waals surface area (Å²) in [6.45, 7) is 0. The number of amides is 1. The van der Waals surface area contributed by atoms with Crippen LogP contribution in [0.1, 0.15) is 22.3 Å². The van der Waals surface area contributed by atoms with Crippen molar-refractivity contribution in [3.63, 3.8) is 0 Å². The van der Waals surface area contributed by atoms with Gasteiger partial charge in [-0.25, -0.2) is 0 Å². The number of ketones is 1. The SMILES string of the molecule is O=C(CC1(O)C(=O)Nc2ccccc21)c1ccccc1Cl. The van der Waals surface area contributed by atoms with Gasteiger partial charge in [-0.1, -0.05) is 41.9 Å². The Bertz CT molecular complexity index is 744. The fourth-order valence-electron chi connectivity index (χ4n) is 2.49. The van der Waals surface area contributed by atoms with Crippen molar-refractivity contribution in [2.24, 2.45) is 0 Å². The highest BCUT2D eigenvalue weighted by atomic mass is 35.5. The molecule has 0 aromatic heterocycles. The van der Waals surface area contributed by atoms with Crippen LogP contribution in [0.25, 0.3) is 0 Å². The van der Waals surface area contributed by atoms with Crippen LogP contribution >= 0.6 is 11.6 Å². The Balaban J connectivity index is 1.96. The summed E-state index contributed by atoms with van der Waals surface area (Å²) in [6.07, 6.45) is -0.348. The molecule has 21 heavy (non-hydrogen) atoms. The molecular formula is C16H12ClNO3. The number of fused-ring (bicyclic) bond motifs is 1. The van der Waals surface area contributed by atoms with Gasteiger partial charge >= 0.3 is 0 Å². The molecule has 1 amide bonds. The molecule has 0 saturated heterocycles. The fourth-order valence-corrected chi connectivity index (χ4v) is 2.73. The lowest BCUT2D eigenvalue weighted by molar-refractivity contribution is -0.133. The molecule has 0 spiro atoms. The Kier molecular flexibility index (Phi) is 3.27. The molecule has 1 atom stereocenters. The van der Waals surface area contributed by atoms with Crippen LogP contribution in [-0.2, 0) is 10.4 Å². The van der Waals surface area contributed by atoms with Crippen LogP contribution in [0.3, 0.4) is 0 Å². The summed E-state index contributed by atoms with van der Waals surface area (Å²) >= 11 is 5.98. The van der Waals surface area contributed by atoms with Crippen LogP contribution in [0.5, 0.6) is 0 Å². The van der Waals surface area contributed by atoms with Crippen LogP contribution < -0.4 is 5.32 Å². The lowest BCUT2D eigenvalue weighted by atomic mass is 9.88. The molecule has 3 rings (SSSR count). The predicted octanol–water partition coefficient (Wildman–Crippen LogP) is 2.75. The van der Waals surface area contributed by atoms with Crippen molar-refractivity contribution in [3.8, 4) is 0 Å². The molecular weight excluding hydrogens is 290 g/mol. The average Bonchev–Trinajstić information content (AvgIpc) is 2.71. The third kappa shape index (κ3) is 2.22. The molecule has 0 bridgehead atoms. The van der Waals surface area contributed by atoms with Gasteiger partial charge < -0.3 is 10.4 Å². The second-order valence-corrected chi connectivity index (χ2v) is 5.35. The molecule has 0 fully saturated rings. The van der Waals surface area contributed by atoms with Crippen molar-refractivity contribution in [1.29, 1.82) is 0 Å². The topological polar surface area (TPSA) is 66.4 Å². The van der Waals surface area contributed by atoms with Crippen LogP contribution in [0, 0.1) is 0 Å². The molecule has 2 aromatic rings. The number of carbonyl (C=O) groups is 2. The Morgan fingerprint density at radius 2 is 1.81 bits per heavy atom. The zero-order valence-electron chi connectivity index (χ0n) is 11.0. The van der Waals surface area contributed by atoms with E-state index in [9.17, 15) is 14.7 Å². The van der Waals surface area contributed by atoms with Crippen molar-refractivity contribution in [2.45, 2.75) is 12.0 Å². The highest BCUT2D eigenvalue weighted by Gasteiger charge is 2.46. The van der Waals surface area contributed by atoms with E-state index in [4.69, 9.17) is 11.6 Å². The summed E-state index contributed by atoms with van der Waals surface area (Å²) in [5, 5.41) is 13.5. The first-order valence-electron chi connectivity index (χ1n) is 6.43. The van der Waals surface area contributed by atoms with Gasteiger partial charge in [0, 0.05) is 16.8 Å². The van der Waals surface area contributed by atoms with E-state index in [0.717, 1.165) is 0 Å². The van der Waals surface area contributed by atoms with Gasteiger partial charge in [0.1, 0.15) is 0 Å². The van der Waals surface area contributed by atoms with Crippen molar-refractivity contribution in [2.75, 3.05) is 5.32 Å². The van der Waals surface area contributed by atoms with E-state index in [0.29, 0.717) is 21.8 Å². The summed E-state index contributed by atoms with van der Waals surface area (Å²) in [5.41, 5.74) is -0.621. The van der Waals surface area contributed by atoms with Crippen LogP contribution in [-0.4, -0.2) is 16.8 Å². The quantitative estimate of drug-likeness (QED) is 0.857. The first-order valence-corrected chi connectivity index (χ1v) is 6.81. The first kappa shape index (κ1) is 13.8. The number of aliphatic hydroxyl groups is 1. The van der Waals surface area contributed by atoms with Gasteiger partial charge in [0.25, 0.3) is 5.91 Å². The maximum atomic E-state index is 12.4. The van der Waals surface area contributed by atoms with E-state index >= 15 is 0 Å². The van der Waals surface area contributed by atoms with Gasteiger partial charge in [0.05, 0.1) is 11.4 Å². The lowest BCUT2D eigenvalue weighted by Crippen LogP contribution is -2.36. The number of hydrogen-bond donors (Lipinski definition) is 2. The minimum absolute atomic E-state index is 0.296. The fraction of sp³-hybridized carbons (Fsp3) is 0.125. The summed E-state index contributed by atoms with van der Waals surface area (Å²) in [6, 6.07) is 13.4. The minimum atomic E-state index is -1.85. The van der Waals surface area contributed by atoms with Gasteiger partial charge in [0.2, 0.25) is 0 Å². The van der Waals surface area contributed by atoms with E-state index in [1.54, 1.807) is 48.5 Å². The number of para-hydroxylation sites is 1. The smallest absolute Gasteiger partial charge is 0.261 e. The monoisotopic (exact) mass is 301 g/mol. The Labute approximate surface area is 126 Å². The number of Topliss-reactive ketones (excluding diaryl/α,β-unsaturated/α-hetero) is 1. The minimum Gasteiger partial charge on any atom is -0.375 e. The Morgan fingerprint density at radius 3 is 2.57 bits per heavy atom. The van der Waals surface area contributed by atoms with E-state index in [1.807, 2.05) is 0 Å². The number of carbonyl (C=O) groups excluding carboxylic acids is 2. The van der Waals surface area contributed by atoms with Gasteiger partial charge in [-0.15, -0.1) is 0 Å². The van der Waals surface area contributed by atoms with Crippen molar-refractivity contribution >= 4 is 29.0 Å². The molecule has 5 heteroatoms. The second kappa shape index (κ2) is 4.98. The maximum Gasteiger partial charge on any atom is 0.261 e. The predicted molar refractivity (Wildman–Crippen MR) is 79.4 cm³/mol. The van der Waals surface area contributed by atoms with Gasteiger partial charge in [0.15, 0.2) is 11.4 Å². The van der Waals surface area contributed by atoms with E-state index in [-0.39, 0.29) is 12.2 Å². The standard InChI is InChI=1S/C16H12ClNO3/c17-12-7-3-1-5-10(12)14(19)9-16(21)11-6-2-4-8-13(11)18-15(16)20/h1-8,21H,9H2,(H,18,20). The van der Waals surface area contributed by atoms with Gasteiger partial charge in [-0.2, -0.15) is 0 Å². The number of nitrogens with one attached hydrogen (secondary N) is 1. The molecule has 4 nitrogen and oxygen atoms in total. The molecule has 2 aromatic carbocycles. The van der Waals surface area contributed by atoms with Crippen LogP contribution in [0.4, 0.5) is 5.69 Å². The summed E-state index contributed by atoms with van der Waals surface area (Å²) in [7, 11) is 0. The number of hydrogen-bond acceptors (Lipinski definition) is 3. The molecule has 0 aliphatic carbocycles.